The second-order valence-electron chi connectivity index (χ2n) is 3.95. The van der Waals surface area contributed by atoms with Gasteiger partial charge >= 0.3 is 5.97 Å². The van der Waals surface area contributed by atoms with Crippen molar-refractivity contribution in [2.75, 3.05) is 32.2 Å². The molecule has 0 saturated heterocycles. The molecule has 0 radical (unpaired) electrons. The molecule has 0 atom stereocenters. The highest BCUT2D eigenvalue weighted by Gasteiger charge is 2.31. The summed E-state index contributed by atoms with van der Waals surface area (Å²) in [5.41, 5.74) is -0.0630. The average Bonchev–Trinajstić information content (AvgIpc) is 2.64. The van der Waals surface area contributed by atoms with Gasteiger partial charge in [-0.25, -0.2) is 4.79 Å². The van der Waals surface area contributed by atoms with Crippen molar-refractivity contribution < 1.29 is 23.9 Å². The fourth-order valence-electron chi connectivity index (χ4n) is 1.95. The monoisotopic (exact) mass is 342 g/mol. The van der Waals surface area contributed by atoms with Gasteiger partial charge in [0.15, 0.2) is 17.2 Å². The van der Waals surface area contributed by atoms with Crippen molar-refractivity contribution in [3.63, 3.8) is 0 Å². The molecule has 1 aromatic rings. The number of nitro groups is 1. The molecule has 0 aromatic heterocycles. The van der Waals surface area contributed by atoms with Crippen LogP contribution < -0.4 is 14.8 Å². The van der Waals surface area contributed by atoms with Crippen molar-refractivity contribution >= 4 is 17.3 Å². The summed E-state index contributed by atoms with van der Waals surface area (Å²) >= 11 is 0. The van der Waals surface area contributed by atoms with Crippen molar-refractivity contribution in [3.8, 4) is 11.5 Å². The molecule has 0 aliphatic carbocycles. The number of nitrogens with one attached hydrogen (secondary N) is 1. The molecule has 136 valence electrons. The summed E-state index contributed by atoms with van der Waals surface area (Å²) in [7, 11) is 1.20. The third-order valence-electron chi connectivity index (χ3n) is 2.75. The zero-order chi connectivity index (χ0) is 18.7. The van der Waals surface area contributed by atoms with Gasteiger partial charge in [-0.15, -0.1) is 0 Å². The van der Waals surface area contributed by atoms with E-state index in [9.17, 15) is 14.9 Å². The number of methoxy groups -OCH3 is 1. The third-order valence-corrected chi connectivity index (χ3v) is 2.75. The summed E-state index contributed by atoms with van der Waals surface area (Å²) in [5.74, 6) is -0.366. The zero-order valence-electron chi connectivity index (χ0n) is 15.1. The van der Waals surface area contributed by atoms with Gasteiger partial charge in [0.1, 0.15) is 18.8 Å². The third kappa shape index (κ3) is 4.74. The van der Waals surface area contributed by atoms with Crippen LogP contribution in [0.4, 0.5) is 11.4 Å². The summed E-state index contributed by atoms with van der Waals surface area (Å²) in [6, 6.07) is 1.14. The van der Waals surface area contributed by atoms with Crippen molar-refractivity contribution in [1.29, 1.82) is 0 Å². The van der Waals surface area contributed by atoms with Crippen LogP contribution in [-0.4, -0.2) is 37.8 Å². The molecular weight excluding hydrogens is 316 g/mol. The lowest BCUT2D eigenvalue weighted by molar-refractivity contribution is -0.384. The van der Waals surface area contributed by atoms with Gasteiger partial charge in [0.25, 0.3) is 5.69 Å². The fourth-order valence-corrected chi connectivity index (χ4v) is 1.95. The minimum atomic E-state index is -0.710. The number of hydrogen-bond acceptors (Lipinski definition) is 7. The highest BCUT2D eigenvalue weighted by atomic mass is 16.6. The maximum absolute atomic E-state index is 11.7. The number of anilines is 1. The van der Waals surface area contributed by atoms with Crippen LogP contribution in [0, 0.1) is 10.1 Å². The minimum absolute atomic E-state index is 0.0180. The van der Waals surface area contributed by atoms with Gasteiger partial charge in [-0.3, -0.25) is 10.1 Å². The maximum atomic E-state index is 11.7. The Bertz CT molecular complexity index is 560. The number of carbonyl (C=O) groups excluding carboxylic acids is 1. The van der Waals surface area contributed by atoms with E-state index in [1.54, 1.807) is 6.92 Å². The lowest BCUT2D eigenvalue weighted by Gasteiger charge is -2.23. The zero-order valence-corrected chi connectivity index (χ0v) is 15.1. The van der Waals surface area contributed by atoms with E-state index in [0.29, 0.717) is 6.54 Å². The Balaban J connectivity index is 0.00000123. The van der Waals surface area contributed by atoms with Gasteiger partial charge in [-0.2, -0.15) is 0 Å². The van der Waals surface area contributed by atoms with Crippen LogP contribution >= 0.6 is 0 Å². The predicted octanol–water partition coefficient (Wildman–Crippen LogP) is 3.64. The lowest BCUT2D eigenvalue weighted by atomic mass is 10.1. The van der Waals surface area contributed by atoms with Gasteiger partial charge in [0, 0.05) is 12.6 Å². The molecule has 1 aromatic carbocycles. The number of nitro benzene ring substituents is 1. The number of benzene rings is 1. The molecule has 8 nitrogen and oxygen atoms in total. The Morgan fingerprint density at radius 3 is 2.25 bits per heavy atom. The molecule has 24 heavy (non-hydrogen) atoms. The molecule has 0 unspecified atom stereocenters. The average molecular weight is 342 g/mol. The van der Waals surface area contributed by atoms with Crippen LogP contribution in [0.3, 0.4) is 0 Å². The lowest BCUT2D eigenvalue weighted by Crippen LogP contribution is -2.20. The second-order valence-corrected chi connectivity index (χ2v) is 3.95. The number of nitrogens with zero attached hydrogens (tertiary/aromatic N) is 1. The smallest absolute Gasteiger partial charge is 0.342 e. The molecule has 8 heteroatoms. The first-order valence-corrected chi connectivity index (χ1v) is 8.03. The second kappa shape index (κ2) is 11.1. The first kappa shape index (κ1) is 21.5. The minimum Gasteiger partial charge on any atom is -0.485 e. The normalized spacial score (nSPS) is 11.1. The van der Waals surface area contributed by atoms with Crippen LogP contribution in [0.25, 0.3) is 0 Å². The van der Waals surface area contributed by atoms with E-state index < -0.39 is 10.9 Å². The molecule has 0 saturated carbocycles. The van der Waals surface area contributed by atoms with E-state index in [2.05, 4.69) is 10.1 Å². The quantitative estimate of drug-likeness (QED) is 0.506. The van der Waals surface area contributed by atoms with Crippen molar-refractivity contribution in [1.82, 2.24) is 0 Å². The Morgan fingerprint density at radius 1 is 1.25 bits per heavy atom. The molecule has 0 fully saturated rings. The predicted molar refractivity (Wildman–Crippen MR) is 92.3 cm³/mol. The summed E-state index contributed by atoms with van der Waals surface area (Å²) in [5, 5.41) is 14.0. The van der Waals surface area contributed by atoms with Gasteiger partial charge in [0.2, 0.25) is 0 Å². The van der Waals surface area contributed by atoms with E-state index in [4.69, 9.17) is 9.47 Å². The van der Waals surface area contributed by atoms with E-state index in [1.807, 2.05) is 27.7 Å². The topological polar surface area (TPSA) is 99.9 Å². The van der Waals surface area contributed by atoms with Crippen LogP contribution in [0.2, 0.25) is 0 Å². The van der Waals surface area contributed by atoms with Gasteiger partial charge < -0.3 is 19.5 Å². The van der Waals surface area contributed by atoms with Gasteiger partial charge in [-0.05, 0) is 6.92 Å². The first-order valence-electron chi connectivity index (χ1n) is 8.03. The Kier molecular flexibility index (Phi) is 9.93. The highest BCUT2D eigenvalue weighted by molar-refractivity contribution is 5.97. The van der Waals surface area contributed by atoms with E-state index in [0.717, 1.165) is 6.07 Å². The summed E-state index contributed by atoms with van der Waals surface area (Å²) < 4.78 is 15.5. The van der Waals surface area contributed by atoms with Gasteiger partial charge in [0.05, 0.1) is 12.0 Å². The van der Waals surface area contributed by atoms with E-state index in [1.165, 1.54) is 7.11 Å². The molecule has 0 bridgehead atoms. The summed E-state index contributed by atoms with van der Waals surface area (Å²) in [6.45, 7) is 10.8. The number of carbonyl (C=O) groups is 1. The Labute approximate surface area is 142 Å². The first-order chi connectivity index (χ1) is 11.6. The maximum Gasteiger partial charge on any atom is 0.342 e. The largest absolute Gasteiger partial charge is 0.485 e. The molecule has 1 N–H and O–H groups in total. The number of esters is 1. The molecule has 1 aliphatic rings. The van der Waals surface area contributed by atoms with E-state index in [-0.39, 0.29) is 41.7 Å². The standard InChI is InChI=1S/C12H14N2O6.2C2H6/c1-3-13-9-8(14(16)17)6-7(12(15)18-2)10-11(9)20-5-4-19-10;2*1-2/h6,13H,3-5H2,1-2H3;2*1-2H3. The summed E-state index contributed by atoms with van der Waals surface area (Å²) in [6.07, 6.45) is 0. The van der Waals surface area contributed by atoms with Crippen LogP contribution in [0.15, 0.2) is 6.07 Å². The Hall–Kier alpha value is -2.51. The molecular formula is C16H26N2O6. The van der Waals surface area contributed by atoms with E-state index >= 15 is 0 Å². The fraction of sp³-hybridized carbons (Fsp3) is 0.562. The SMILES string of the molecule is CC.CC.CCNc1c([N+](=O)[O-])cc(C(=O)OC)c2c1OCCO2. The van der Waals surface area contributed by atoms with Crippen LogP contribution in [0.1, 0.15) is 45.0 Å². The van der Waals surface area contributed by atoms with Crippen LogP contribution in [0.5, 0.6) is 11.5 Å². The molecule has 1 heterocycles. The molecule has 2 rings (SSSR count). The van der Waals surface area contributed by atoms with Crippen molar-refractivity contribution in [2.45, 2.75) is 34.6 Å². The molecule has 0 spiro atoms. The number of ether oxygens (including phenoxy) is 3. The number of hydrogen-bond donors (Lipinski definition) is 1. The van der Waals surface area contributed by atoms with Crippen molar-refractivity contribution in [2.24, 2.45) is 0 Å². The van der Waals surface area contributed by atoms with Crippen molar-refractivity contribution in [3.05, 3.63) is 21.7 Å². The Morgan fingerprint density at radius 2 is 1.79 bits per heavy atom. The van der Waals surface area contributed by atoms with Crippen LogP contribution in [-0.2, 0) is 4.74 Å². The molecule has 1 aliphatic heterocycles. The highest BCUT2D eigenvalue weighted by Crippen LogP contribution is 2.46. The summed E-state index contributed by atoms with van der Waals surface area (Å²) in [4.78, 5) is 22.3. The van der Waals surface area contributed by atoms with Gasteiger partial charge in [-0.1, -0.05) is 27.7 Å². The molecule has 0 amide bonds. The number of fused-ring (bicyclic) bond motifs is 1. The number of rotatable bonds is 4.